The van der Waals surface area contributed by atoms with Crippen LogP contribution in [0.1, 0.15) is 39.7 Å². The van der Waals surface area contributed by atoms with Gasteiger partial charge in [-0.2, -0.15) is 5.10 Å². The van der Waals surface area contributed by atoms with Gasteiger partial charge in [0.1, 0.15) is 11.4 Å². The molecular formula is C14H26N4O3. The first-order valence-electron chi connectivity index (χ1n) is 7.06. The van der Waals surface area contributed by atoms with E-state index in [0.717, 1.165) is 12.0 Å². The average Bonchev–Trinajstić information content (AvgIpc) is 2.78. The van der Waals surface area contributed by atoms with E-state index in [-0.39, 0.29) is 0 Å². The van der Waals surface area contributed by atoms with Gasteiger partial charge in [-0.15, -0.1) is 0 Å². The van der Waals surface area contributed by atoms with Gasteiger partial charge in [-0.3, -0.25) is 10.4 Å². The van der Waals surface area contributed by atoms with Gasteiger partial charge in [0, 0.05) is 31.9 Å². The van der Waals surface area contributed by atoms with Crippen LogP contribution in [0.15, 0.2) is 6.20 Å². The van der Waals surface area contributed by atoms with Gasteiger partial charge < -0.3 is 14.8 Å². The highest BCUT2D eigenvalue weighted by Gasteiger charge is 2.18. The molecule has 3 N–H and O–H groups in total. The number of methoxy groups -OCH3 is 1. The summed E-state index contributed by atoms with van der Waals surface area (Å²) in [6.45, 7) is 8.85. The van der Waals surface area contributed by atoms with E-state index < -0.39 is 11.7 Å². The van der Waals surface area contributed by atoms with Crippen molar-refractivity contribution in [2.24, 2.45) is 0 Å². The van der Waals surface area contributed by atoms with Gasteiger partial charge in [-0.05, 0) is 34.1 Å². The van der Waals surface area contributed by atoms with Crippen molar-refractivity contribution in [2.45, 2.75) is 52.3 Å². The summed E-state index contributed by atoms with van der Waals surface area (Å²) in [7, 11) is 1.69. The zero-order valence-electron chi connectivity index (χ0n) is 13.4. The van der Waals surface area contributed by atoms with Crippen LogP contribution in [0.3, 0.4) is 0 Å². The molecule has 1 aromatic rings. The first kappa shape index (κ1) is 17.5. The maximum absolute atomic E-state index is 11.7. The Balaban J connectivity index is 2.48. The van der Waals surface area contributed by atoms with Crippen molar-refractivity contribution in [3.05, 3.63) is 11.8 Å². The molecule has 0 aliphatic rings. The Hall–Kier alpha value is -1.60. The molecule has 0 bridgehead atoms. The van der Waals surface area contributed by atoms with Crippen molar-refractivity contribution in [3.63, 3.8) is 0 Å². The normalized spacial score (nSPS) is 13.0. The zero-order valence-corrected chi connectivity index (χ0v) is 13.4. The van der Waals surface area contributed by atoms with Crippen molar-refractivity contribution in [1.29, 1.82) is 0 Å². The highest BCUT2D eigenvalue weighted by atomic mass is 16.6. The lowest BCUT2D eigenvalue weighted by atomic mass is 10.2. The van der Waals surface area contributed by atoms with Crippen LogP contribution in [0.2, 0.25) is 0 Å². The summed E-state index contributed by atoms with van der Waals surface area (Å²) in [6.07, 6.45) is 2.10. The molecule has 0 aromatic carbocycles. The van der Waals surface area contributed by atoms with Crippen LogP contribution in [0, 0.1) is 0 Å². The Bertz CT molecular complexity index is 440. The fourth-order valence-corrected chi connectivity index (χ4v) is 1.64. The molecule has 1 rings (SSSR count). The topological polar surface area (TPSA) is 88.3 Å². The standard InChI is InChI=1S/C14H26N4O3/c1-10(6-7-20-5)15-8-11-9-16-18-12(11)17-13(19)21-14(2,3)4/h9-10,15H,6-8H2,1-5H3,(H2,16,17,18,19). The van der Waals surface area contributed by atoms with E-state index in [1.807, 2.05) is 20.8 Å². The molecule has 0 aliphatic heterocycles. The maximum Gasteiger partial charge on any atom is 0.413 e. The maximum atomic E-state index is 11.7. The van der Waals surface area contributed by atoms with Crippen molar-refractivity contribution in [3.8, 4) is 0 Å². The molecule has 0 saturated heterocycles. The largest absolute Gasteiger partial charge is 0.444 e. The molecule has 120 valence electrons. The van der Waals surface area contributed by atoms with E-state index >= 15 is 0 Å². The van der Waals surface area contributed by atoms with Gasteiger partial charge in [0.05, 0.1) is 6.20 Å². The van der Waals surface area contributed by atoms with Gasteiger partial charge in [0.15, 0.2) is 0 Å². The molecule has 1 unspecified atom stereocenters. The molecule has 0 aliphatic carbocycles. The molecule has 21 heavy (non-hydrogen) atoms. The predicted octanol–water partition coefficient (Wildman–Crippen LogP) is 2.27. The molecule has 1 heterocycles. The molecule has 7 nitrogen and oxygen atoms in total. The SMILES string of the molecule is COCCC(C)NCc1cn[nH]c1NC(=O)OC(C)(C)C. The van der Waals surface area contributed by atoms with Gasteiger partial charge in [0.2, 0.25) is 0 Å². The van der Waals surface area contributed by atoms with Gasteiger partial charge in [0.25, 0.3) is 0 Å². The molecule has 1 aromatic heterocycles. The fraction of sp³-hybridized carbons (Fsp3) is 0.714. The number of H-pyrrole nitrogens is 1. The minimum Gasteiger partial charge on any atom is -0.444 e. The first-order valence-corrected chi connectivity index (χ1v) is 7.06. The Kier molecular flexibility index (Phi) is 6.64. The quantitative estimate of drug-likeness (QED) is 0.718. The molecule has 0 radical (unpaired) electrons. The van der Waals surface area contributed by atoms with Crippen molar-refractivity contribution >= 4 is 11.9 Å². The molecule has 1 amide bonds. The molecule has 0 spiro atoms. The lowest BCUT2D eigenvalue weighted by Gasteiger charge is -2.19. The number of carbonyl (C=O) groups is 1. The second-order valence-electron chi connectivity index (χ2n) is 5.96. The van der Waals surface area contributed by atoms with E-state index in [1.54, 1.807) is 13.3 Å². The van der Waals surface area contributed by atoms with Crippen molar-refractivity contribution < 1.29 is 14.3 Å². The fourth-order valence-electron chi connectivity index (χ4n) is 1.64. The van der Waals surface area contributed by atoms with Crippen molar-refractivity contribution in [1.82, 2.24) is 15.5 Å². The number of hydrogen-bond donors (Lipinski definition) is 3. The van der Waals surface area contributed by atoms with Gasteiger partial charge in [-0.25, -0.2) is 4.79 Å². The minimum atomic E-state index is -0.531. The molecule has 0 fully saturated rings. The number of amides is 1. The number of nitrogens with one attached hydrogen (secondary N) is 3. The number of ether oxygens (including phenoxy) is 2. The summed E-state index contributed by atoms with van der Waals surface area (Å²) in [5.41, 5.74) is 0.349. The Morgan fingerprint density at radius 2 is 2.19 bits per heavy atom. The molecule has 7 heteroatoms. The number of aromatic amines is 1. The predicted molar refractivity (Wildman–Crippen MR) is 81.2 cm³/mol. The van der Waals surface area contributed by atoms with Gasteiger partial charge in [-0.1, -0.05) is 0 Å². The first-order chi connectivity index (χ1) is 9.81. The van der Waals surface area contributed by atoms with E-state index in [0.29, 0.717) is 25.0 Å². The summed E-state index contributed by atoms with van der Waals surface area (Å²) in [5, 5.41) is 12.7. The lowest BCUT2D eigenvalue weighted by Crippen LogP contribution is -2.29. The van der Waals surface area contributed by atoms with Crippen LogP contribution in [0.4, 0.5) is 10.6 Å². The highest BCUT2D eigenvalue weighted by Crippen LogP contribution is 2.14. The third-order valence-corrected chi connectivity index (χ3v) is 2.74. The third-order valence-electron chi connectivity index (χ3n) is 2.74. The summed E-state index contributed by atoms with van der Waals surface area (Å²) in [4.78, 5) is 11.7. The number of carbonyl (C=O) groups excluding carboxylic acids is 1. The molecule has 1 atom stereocenters. The summed E-state index contributed by atoms with van der Waals surface area (Å²) in [5.74, 6) is 0.552. The van der Waals surface area contributed by atoms with Gasteiger partial charge >= 0.3 is 6.09 Å². The number of hydrogen-bond acceptors (Lipinski definition) is 5. The third kappa shape index (κ3) is 7.10. The van der Waals surface area contributed by atoms with E-state index in [1.165, 1.54) is 0 Å². The number of nitrogens with zero attached hydrogens (tertiary/aromatic N) is 1. The van der Waals surface area contributed by atoms with Crippen LogP contribution in [0.5, 0.6) is 0 Å². The van der Waals surface area contributed by atoms with Crippen LogP contribution in [-0.2, 0) is 16.0 Å². The van der Waals surface area contributed by atoms with E-state index in [4.69, 9.17) is 9.47 Å². The summed E-state index contributed by atoms with van der Waals surface area (Å²) < 4.78 is 10.3. The van der Waals surface area contributed by atoms with Crippen LogP contribution in [-0.4, -0.2) is 41.7 Å². The second-order valence-corrected chi connectivity index (χ2v) is 5.96. The molecular weight excluding hydrogens is 272 g/mol. The Morgan fingerprint density at radius 1 is 1.48 bits per heavy atom. The summed E-state index contributed by atoms with van der Waals surface area (Å²) in [6, 6.07) is 0.314. The van der Waals surface area contributed by atoms with E-state index in [2.05, 4.69) is 27.8 Å². The minimum absolute atomic E-state index is 0.314. The van der Waals surface area contributed by atoms with Crippen molar-refractivity contribution in [2.75, 3.05) is 19.0 Å². The van der Waals surface area contributed by atoms with Crippen LogP contribution >= 0.6 is 0 Å². The average molecular weight is 298 g/mol. The number of aromatic nitrogens is 2. The lowest BCUT2D eigenvalue weighted by molar-refractivity contribution is 0.0635. The number of anilines is 1. The monoisotopic (exact) mass is 298 g/mol. The Morgan fingerprint density at radius 3 is 2.81 bits per heavy atom. The highest BCUT2D eigenvalue weighted by molar-refractivity contribution is 5.84. The molecule has 0 saturated carbocycles. The summed E-state index contributed by atoms with van der Waals surface area (Å²) >= 11 is 0. The zero-order chi connectivity index (χ0) is 15.9. The van der Waals surface area contributed by atoms with Crippen LogP contribution < -0.4 is 10.6 Å². The number of rotatable bonds is 7. The van der Waals surface area contributed by atoms with E-state index in [9.17, 15) is 4.79 Å². The van der Waals surface area contributed by atoms with Crippen LogP contribution in [0.25, 0.3) is 0 Å². The Labute approximate surface area is 125 Å². The second kappa shape index (κ2) is 7.99. The smallest absolute Gasteiger partial charge is 0.413 e.